The Morgan fingerprint density at radius 3 is 2.53 bits per heavy atom. The van der Waals surface area contributed by atoms with E-state index in [1.165, 1.54) is 4.90 Å². The van der Waals surface area contributed by atoms with Crippen LogP contribution in [0.1, 0.15) is 45.1 Å². The molecule has 0 saturated carbocycles. The maximum atomic E-state index is 13.3. The number of carboxylic acid groups (broad SMARTS) is 1. The molecule has 1 saturated heterocycles. The molecule has 2 heterocycles. The summed E-state index contributed by atoms with van der Waals surface area (Å²) in [6.45, 7) is 3.61. The van der Waals surface area contributed by atoms with E-state index in [9.17, 15) is 29.1 Å². The van der Waals surface area contributed by atoms with Crippen LogP contribution >= 0.6 is 0 Å². The molecule has 38 heavy (non-hydrogen) atoms. The van der Waals surface area contributed by atoms with Crippen LogP contribution in [-0.4, -0.2) is 75.3 Å². The zero-order chi connectivity index (χ0) is 28.0. The van der Waals surface area contributed by atoms with Gasteiger partial charge < -0.3 is 37.1 Å². The number of fused-ring (bicyclic) bond motifs is 1. The molecule has 4 atom stereocenters. The summed E-state index contributed by atoms with van der Waals surface area (Å²) in [6.07, 6.45) is 2.75. The van der Waals surface area contributed by atoms with Crippen molar-refractivity contribution in [1.82, 2.24) is 20.5 Å². The summed E-state index contributed by atoms with van der Waals surface area (Å²) < 4.78 is 0. The van der Waals surface area contributed by atoms with Crippen LogP contribution in [0, 0.1) is 5.92 Å². The van der Waals surface area contributed by atoms with Crippen molar-refractivity contribution in [2.24, 2.45) is 17.4 Å². The van der Waals surface area contributed by atoms with Crippen LogP contribution in [0.25, 0.3) is 10.9 Å². The highest BCUT2D eigenvalue weighted by Crippen LogP contribution is 2.22. The maximum absolute atomic E-state index is 13.3. The lowest BCUT2D eigenvalue weighted by Gasteiger charge is -2.29. The first-order valence-electron chi connectivity index (χ1n) is 12.7. The number of nitrogens with one attached hydrogen (secondary N) is 3. The van der Waals surface area contributed by atoms with E-state index in [4.69, 9.17) is 11.5 Å². The van der Waals surface area contributed by atoms with Crippen LogP contribution in [0.4, 0.5) is 0 Å². The molecule has 0 aliphatic carbocycles. The number of nitrogens with two attached hydrogens (primary N) is 2. The standard InChI is InChI=1S/C26H36N6O6/c1-14(2)22(26(37)38)31-23(34)19(9-10-21(28)33)30-24(35)20-8-5-11-32(20)25(36)17(27)12-15-13-29-18-7-4-3-6-16(15)18/h3-4,6-7,13-14,17,19-20,22,29H,5,8-12,27H2,1-2H3,(H2,28,33)(H,30,35)(H,31,34)(H,37,38). The van der Waals surface area contributed by atoms with Gasteiger partial charge in [0.05, 0.1) is 6.04 Å². The van der Waals surface area contributed by atoms with Crippen LogP contribution in [0.3, 0.4) is 0 Å². The number of nitrogens with zero attached hydrogens (tertiary/aromatic N) is 1. The van der Waals surface area contributed by atoms with E-state index < -0.39 is 53.8 Å². The molecule has 1 fully saturated rings. The highest BCUT2D eigenvalue weighted by atomic mass is 16.4. The first-order valence-corrected chi connectivity index (χ1v) is 12.7. The largest absolute Gasteiger partial charge is 0.480 e. The third-order valence-corrected chi connectivity index (χ3v) is 6.81. The van der Waals surface area contributed by atoms with Gasteiger partial charge in [-0.25, -0.2) is 4.79 Å². The van der Waals surface area contributed by atoms with Gasteiger partial charge in [0.15, 0.2) is 0 Å². The second kappa shape index (κ2) is 12.5. The van der Waals surface area contributed by atoms with Crippen molar-refractivity contribution in [3.05, 3.63) is 36.0 Å². The molecule has 0 bridgehead atoms. The van der Waals surface area contributed by atoms with Crippen LogP contribution in [0.2, 0.25) is 0 Å². The van der Waals surface area contributed by atoms with Crippen molar-refractivity contribution in [3.63, 3.8) is 0 Å². The Hall–Kier alpha value is -3.93. The number of rotatable bonds is 12. The summed E-state index contributed by atoms with van der Waals surface area (Å²) in [5.74, 6) is -3.99. The molecule has 1 aromatic heterocycles. The number of hydrogen-bond acceptors (Lipinski definition) is 6. The molecule has 3 rings (SSSR count). The summed E-state index contributed by atoms with van der Waals surface area (Å²) in [4.78, 5) is 66.8. The average molecular weight is 529 g/mol. The van der Waals surface area contributed by atoms with E-state index in [0.29, 0.717) is 19.4 Å². The van der Waals surface area contributed by atoms with Crippen molar-refractivity contribution in [3.8, 4) is 0 Å². The zero-order valence-electron chi connectivity index (χ0n) is 21.6. The van der Waals surface area contributed by atoms with Crippen LogP contribution in [-0.2, 0) is 30.4 Å². The normalized spacial score (nSPS) is 17.7. The number of amides is 4. The predicted molar refractivity (Wildman–Crippen MR) is 139 cm³/mol. The monoisotopic (exact) mass is 528 g/mol. The molecule has 1 aliphatic heterocycles. The number of primary amides is 1. The predicted octanol–water partition coefficient (Wildman–Crippen LogP) is 0.00440. The SMILES string of the molecule is CC(C)C(NC(=O)C(CCC(N)=O)NC(=O)C1CCCN1C(=O)C(N)Cc1c[nH]c2ccccc12)C(=O)O. The van der Waals surface area contributed by atoms with E-state index in [-0.39, 0.29) is 25.2 Å². The number of benzene rings is 1. The number of hydrogen-bond donors (Lipinski definition) is 6. The van der Waals surface area contributed by atoms with E-state index in [1.807, 2.05) is 30.5 Å². The van der Waals surface area contributed by atoms with Gasteiger partial charge in [0.25, 0.3) is 0 Å². The van der Waals surface area contributed by atoms with Crippen LogP contribution in [0.5, 0.6) is 0 Å². The Labute approximate surface area is 220 Å². The van der Waals surface area contributed by atoms with Crippen molar-refractivity contribution in [1.29, 1.82) is 0 Å². The second-order valence-electron chi connectivity index (χ2n) is 9.99. The Balaban J connectivity index is 1.69. The minimum absolute atomic E-state index is 0.113. The first kappa shape index (κ1) is 28.6. The quantitative estimate of drug-likeness (QED) is 0.222. The number of H-pyrrole nitrogens is 1. The molecule has 8 N–H and O–H groups in total. The lowest BCUT2D eigenvalue weighted by Crippen LogP contribution is -2.57. The van der Waals surface area contributed by atoms with Gasteiger partial charge in [0, 0.05) is 30.1 Å². The van der Waals surface area contributed by atoms with Gasteiger partial charge in [-0.3, -0.25) is 19.2 Å². The smallest absolute Gasteiger partial charge is 0.326 e. The number of aliphatic carboxylic acids is 1. The molecule has 4 amide bonds. The van der Waals surface area contributed by atoms with Crippen molar-refractivity contribution >= 4 is 40.5 Å². The number of aromatic amines is 1. The lowest BCUT2D eigenvalue weighted by molar-refractivity contribution is -0.144. The first-order chi connectivity index (χ1) is 18.0. The third kappa shape index (κ3) is 6.88. The van der Waals surface area contributed by atoms with E-state index >= 15 is 0 Å². The van der Waals surface area contributed by atoms with Crippen molar-refractivity contribution in [2.75, 3.05) is 6.54 Å². The van der Waals surface area contributed by atoms with Gasteiger partial charge in [-0.05, 0) is 43.2 Å². The summed E-state index contributed by atoms with van der Waals surface area (Å²) in [6, 6.07) is 3.57. The minimum atomic E-state index is -1.22. The fourth-order valence-corrected chi connectivity index (χ4v) is 4.73. The number of likely N-dealkylation sites (tertiary alicyclic amines) is 1. The minimum Gasteiger partial charge on any atom is -0.480 e. The van der Waals surface area contributed by atoms with Crippen LogP contribution < -0.4 is 22.1 Å². The van der Waals surface area contributed by atoms with Gasteiger partial charge in [-0.15, -0.1) is 0 Å². The number of carbonyl (C=O) groups excluding carboxylic acids is 4. The number of carboxylic acids is 1. The Morgan fingerprint density at radius 1 is 1.16 bits per heavy atom. The molecular weight excluding hydrogens is 492 g/mol. The van der Waals surface area contributed by atoms with E-state index in [0.717, 1.165) is 16.5 Å². The molecule has 4 unspecified atom stereocenters. The van der Waals surface area contributed by atoms with Gasteiger partial charge in [0.1, 0.15) is 18.1 Å². The maximum Gasteiger partial charge on any atom is 0.326 e. The molecule has 1 aliphatic rings. The molecule has 0 radical (unpaired) electrons. The topological polar surface area (TPSA) is 201 Å². The number of carbonyl (C=O) groups is 5. The van der Waals surface area contributed by atoms with Gasteiger partial charge in [-0.1, -0.05) is 32.0 Å². The number of para-hydroxylation sites is 1. The van der Waals surface area contributed by atoms with Crippen molar-refractivity contribution < 1.29 is 29.1 Å². The highest BCUT2D eigenvalue weighted by molar-refractivity contribution is 5.95. The molecule has 2 aromatic rings. The van der Waals surface area contributed by atoms with Gasteiger partial charge in [0.2, 0.25) is 23.6 Å². The molecule has 206 valence electrons. The van der Waals surface area contributed by atoms with Crippen molar-refractivity contribution in [2.45, 2.75) is 70.1 Å². The van der Waals surface area contributed by atoms with E-state index in [1.54, 1.807) is 13.8 Å². The summed E-state index contributed by atoms with van der Waals surface area (Å²) >= 11 is 0. The summed E-state index contributed by atoms with van der Waals surface area (Å²) in [5.41, 5.74) is 13.3. The van der Waals surface area contributed by atoms with Gasteiger partial charge in [-0.2, -0.15) is 0 Å². The molecule has 12 nitrogen and oxygen atoms in total. The molecule has 1 aromatic carbocycles. The molecular formula is C26H36N6O6. The Kier molecular flexibility index (Phi) is 9.45. The second-order valence-corrected chi connectivity index (χ2v) is 9.99. The fourth-order valence-electron chi connectivity index (χ4n) is 4.73. The third-order valence-electron chi connectivity index (χ3n) is 6.81. The summed E-state index contributed by atoms with van der Waals surface area (Å²) in [7, 11) is 0. The summed E-state index contributed by atoms with van der Waals surface area (Å²) in [5, 5.41) is 15.4. The average Bonchev–Trinajstić information content (AvgIpc) is 3.51. The Bertz CT molecular complexity index is 1190. The zero-order valence-corrected chi connectivity index (χ0v) is 21.6. The van der Waals surface area contributed by atoms with Gasteiger partial charge >= 0.3 is 5.97 Å². The molecule has 0 spiro atoms. The number of aromatic nitrogens is 1. The van der Waals surface area contributed by atoms with Crippen LogP contribution in [0.15, 0.2) is 30.5 Å². The molecule has 12 heteroatoms. The lowest BCUT2D eigenvalue weighted by atomic mass is 10.0. The van der Waals surface area contributed by atoms with E-state index in [2.05, 4.69) is 15.6 Å². The fraction of sp³-hybridized carbons (Fsp3) is 0.500. The highest BCUT2D eigenvalue weighted by Gasteiger charge is 2.38. The Morgan fingerprint density at radius 2 is 1.87 bits per heavy atom.